The Morgan fingerprint density at radius 1 is 1.31 bits per heavy atom. The first-order chi connectivity index (χ1) is 5.96. The van der Waals surface area contributed by atoms with Crippen LogP contribution in [0.1, 0.15) is 19.4 Å². The van der Waals surface area contributed by atoms with Gasteiger partial charge in [0.2, 0.25) is 0 Å². The third-order valence-electron chi connectivity index (χ3n) is 2.23. The molecule has 2 heteroatoms. The molecule has 0 aromatic heterocycles. The van der Waals surface area contributed by atoms with Crippen molar-refractivity contribution in [3.05, 3.63) is 29.8 Å². The monoisotopic (exact) mass is 196 g/mol. The van der Waals surface area contributed by atoms with Crippen molar-refractivity contribution in [1.29, 1.82) is 0 Å². The molecule has 0 spiro atoms. The second-order valence-electron chi connectivity index (χ2n) is 3.54. The maximum atomic E-state index is 12.2. The molecule has 72 valence electrons. The Hall–Kier alpha value is -0.760. The van der Waals surface area contributed by atoms with Gasteiger partial charge in [-0.3, -0.25) is 4.21 Å². The standard InChI is InChI=1S/C11H16OS/c1-9(2)13(4,12)11-8-6-5-7-10(11)3/h5-9H,4H2,1-3H3. The van der Waals surface area contributed by atoms with E-state index in [0.29, 0.717) is 0 Å². The van der Waals surface area contributed by atoms with Gasteiger partial charge >= 0.3 is 0 Å². The fourth-order valence-corrected chi connectivity index (χ4v) is 2.63. The highest BCUT2D eigenvalue weighted by Crippen LogP contribution is 2.19. The highest BCUT2D eigenvalue weighted by molar-refractivity contribution is 8.00. The van der Waals surface area contributed by atoms with Gasteiger partial charge in [-0.25, -0.2) is 0 Å². The molecule has 1 aromatic rings. The van der Waals surface area contributed by atoms with Crippen LogP contribution in [-0.4, -0.2) is 15.3 Å². The molecule has 0 aliphatic carbocycles. The van der Waals surface area contributed by atoms with Gasteiger partial charge in [0.05, 0.1) is 0 Å². The van der Waals surface area contributed by atoms with Crippen molar-refractivity contribution in [2.75, 3.05) is 0 Å². The van der Waals surface area contributed by atoms with Crippen molar-refractivity contribution < 1.29 is 4.21 Å². The molecular formula is C11H16OS. The first-order valence-electron chi connectivity index (χ1n) is 4.38. The molecule has 1 rings (SSSR count). The lowest BCUT2D eigenvalue weighted by molar-refractivity contribution is 0.674. The van der Waals surface area contributed by atoms with Crippen LogP contribution in [0.15, 0.2) is 29.2 Å². The summed E-state index contributed by atoms with van der Waals surface area (Å²) >= 11 is 0. The molecule has 1 aromatic carbocycles. The summed E-state index contributed by atoms with van der Waals surface area (Å²) in [6, 6.07) is 7.75. The van der Waals surface area contributed by atoms with Crippen molar-refractivity contribution in [2.24, 2.45) is 0 Å². The Bertz CT molecular complexity index is 388. The second kappa shape index (κ2) is 3.54. The van der Waals surface area contributed by atoms with Gasteiger partial charge < -0.3 is 0 Å². The van der Waals surface area contributed by atoms with Crippen molar-refractivity contribution >= 4 is 15.4 Å². The molecule has 0 saturated heterocycles. The molecule has 0 radical (unpaired) electrons. The van der Waals surface area contributed by atoms with E-state index < -0.39 is 9.52 Å². The fraction of sp³-hybridized carbons (Fsp3) is 0.364. The van der Waals surface area contributed by atoms with Gasteiger partial charge in [-0.15, -0.1) is 0 Å². The third-order valence-corrected chi connectivity index (χ3v) is 4.95. The first kappa shape index (κ1) is 10.3. The molecule has 0 saturated carbocycles. The van der Waals surface area contributed by atoms with Crippen LogP contribution >= 0.6 is 0 Å². The largest absolute Gasteiger partial charge is 0.263 e. The zero-order valence-electron chi connectivity index (χ0n) is 8.41. The number of hydrogen-bond donors (Lipinski definition) is 0. The lowest BCUT2D eigenvalue weighted by atomic mass is 10.2. The van der Waals surface area contributed by atoms with E-state index in [9.17, 15) is 4.21 Å². The van der Waals surface area contributed by atoms with E-state index in [4.69, 9.17) is 0 Å². The zero-order chi connectivity index (χ0) is 10.1. The summed E-state index contributed by atoms with van der Waals surface area (Å²) in [6.45, 7) is 5.87. The summed E-state index contributed by atoms with van der Waals surface area (Å²) in [6.07, 6.45) is 0. The third kappa shape index (κ3) is 1.94. The molecule has 0 aliphatic heterocycles. The van der Waals surface area contributed by atoms with Gasteiger partial charge in [-0.2, -0.15) is 0 Å². The van der Waals surface area contributed by atoms with Crippen molar-refractivity contribution in [3.8, 4) is 0 Å². The summed E-state index contributed by atoms with van der Waals surface area (Å²) in [5.74, 6) is 3.83. The summed E-state index contributed by atoms with van der Waals surface area (Å²) < 4.78 is 12.2. The summed E-state index contributed by atoms with van der Waals surface area (Å²) in [7, 11) is -2.11. The minimum absolute atomic E-state index is 0.0913. The minimum Gasteiger partial charge on any atom is -0.263 e. The second-order valence-corrected chi connectivity index (χ2v) is 6.38. The molecule has 0 heterocycles. The number of hydrogen-bond acceptors (Lipinski definition) is 1. The summed E-state index contributed by atoms with van der Waals surface area (Å²) in [5, 5.41) is 0.0913. The average Bonchev–Trinajstić information content (AvgIpc) is 2.04. The van der Waals surface area contributed by atoms with Crippen LogP contribution in [0.4, 0.5) is 0 Å². The normalized spacial score (nSPS) is 15.7. The van der Waals surface area contributed by atoms with Crippen molar-refractivity contribution in [3.63, 3.8) is 0 Å². The molecular weight excluding hydrogens is 180 g/mol. The molecule has 1 atom stereocenters. The van der Waals surface area contributed by atoms with E-state index in [1.165, 1.54) is 0 Å². The van der Waals surface area contributed by atoms with Crippen LogP contribution in [0.2, 0.25) is 0 Å². The summed E-state index contributed by atoms with van der Waals surface area (Å²) in [4.78, 5) is 0.894. The fourth-order valence-electron chi connectivity index (χ4n) is 1.20. The lowest BCUT2D eigenvalue weighted by Gasteiger charge is -2.15. The van der Waals surface area contributed by atoms with Gasteiger partial charge in [0.1, 0.15) is 0 Å². The first-order valence-corrected chi connectivity index (χ1v) is 6.17. The molecule has 0 N–H and O–H groups in total. The van der Waals surface area contributed by atoms with Crippen LogP contribution in [0.3, 0.4) is 0 Å². The smallest absolute Gasteiger partial charge is 0.0336 e. The van der Waals surface area contributed by atoms with Crippen LogP contribution in [0, 0.1) is 6.92 Å². The number of aryl methyl sites for hydroxylation is 1. The topological polar surface area (TPSA) is 17.1 Å². The van der Waals surface area contributed by atoms with E-state index in [1.807, 2.05) is 45.0 Å². The van der Waals surface area contributed by atoms with E-state index in [0.717, 1.165) is 10.5 Å². The maximum absolute atomic E-state index is 12.2. The van der Waals surface area contributed by atoms with Crippen LogP contribution in [0.25, 0.3) is 0 Å². The van der Waals surface area contributed by atoms with Gasteiger partial charge in [0.25, 0.3) is 0 Å². The zero-order valence-corrected chi connectivity index (χ0v) is 9.23. The molecule has 0 bridgehead atoms. The summed E-state index contributed by atoms with van der Waals surface area (Å²) in [5.41, 5.74) is 1.07. The Morgan fingerprint density at radius 3 is 2.31 bits per heavy atom. The van der Waals surface area contributed by atoms with E-state index in [2.05, 4.69) is 5.87 Å². The Kier molecular flexibility index (Phi) is 2.81. The van der Waals surface area contributed by atoms with Crippen LogP contribution in [0.5, 0.6) is 0 Å². The van der Waals surface area contributed by atoms with Gasteiger partial charge in [0.15, 0.2) is 0 Å². The van der Waals surface area contributed by atoms with Crippen molar-refractivity contribution in [2.45, 2.75) is 30.9 Å². The van der Waals surface area contributed by atoms with E-state index in [1.54, 1.807) is 0 Å². The van der Waals surface area contributed by atoms with Gasteiger partial charge in [-0.1, -0.05) is 32.0 Å². The molecule has 0 aliphatic rings. The van der Waals surface area contributed by atoms with Crippen LogP contribution in [-0.2, 0) is 9.52 Å². The van der Waals surface area contributed by atoms with E-state index >= 15 is 0 Å². The predicted molar refractivity (Wildman–Crippen MR) is 59.8 cm³/mol. The SMILES string of the molecule is C=S(=O)(c1ccccc1C)C(C)C. The highest BCUT2D eigenvalue weighted by atomic mass is 32.2. The molecule has 13 heavy (non-hydrogen) atoms. The highest BCUT2D eigenvalue weighted by Gasteiger charge is 2.13. The molecule has 0 amide bonds. The average molecular weight is 196 g/mol. The molecule has 0 fully saturated rings. The molecule has 1 nitrogen and oxygen atoms in total. The Morgan fingerprint density at radius 2 is 1.85 bits per heavy atom. The predicted octanol–water partition coefficient (Wildman–Crippen LogP) is 2.48. The van der Waals surface area contributed by atoms with Crippen LogP contribution < -0.4 is 0 Å². The van der Waals surface area contributed by atoms with Gasteiger partial charge in [-0.05, 0) is 33.9 Å². The number of benzene rings is 1. The van der Waals surface area contributed by atoms with Crippen molar-refractivity contribution in [1.82, 2.24) is 0 Å². The van der Waals surface area contributed by atoms with E-state index in [-0.39, 0.29) is 5.25 Å². The Labute approximate surface area is 80.8 Å². The number of rotatable bonds is 2. The maximum Gasteiger partial charge on any atom is 0.0336 e. The van der Waals surface area contributed by atoms with Gasteiger partial charge in [0, 0.05) is 10.1 Å². The lowest BCUT2D eigenvalue weighted by Crippen LogP contribution is -2.14. The minimum atomic E-state index is -2.11. The Balaban J connectivity index is 3.32. The quantitative estimate of drug-likeness (QED) is 0.664. The molecule has 1 unspecified atom stereocenters.